The summed E-state index contributed by atoms with van der Waals surface area (Å²) >= 11 is 0. The first-order valence-corrected chi connectivity index (χ1v) is 6.27. The van der Waals surface area contributed by atoms with E-state index >= 15 is 0 Å². The van der Waals surface area contributed by atoms with Gasteiger partial charge in [0.2, 0.25) is 0 Å². The van der Waals surface area contributed by atoms with Crippen LogP contribution in [0.1, 0.15) is 12.5 Å². The molecule has 1 aromatic rings. The molecular weight excluding hydrogens is 248 g/mol. The molecule has 0 saturated heterocycles. The molecule has 0 amide bonds. The van der Waals surface area contributed by atoms with Gasteiger partial charge in [0.05, 0.1) is 6.61 Å². The van der Waals surface area contributed by atoms with Gasteiger partial charge >= 0.3 is 0 Å². The number of hydrogen-bond acceptors (Lipinski definition) is 2. The Bertz CT molecular complexity index is 402. The zero-order chi connectivity index (χ0) is 14.3. The van der Waals surface area contributed by atoms with E-state index in [1.54, 1.807) is 7.11 Å². The average Bonchev–Trinajstić information content (AvgIpc) is 2.33. The van der Waals surface area contributed by atoms with Crippen LogP contribution in [0.4, 0.5) is 8.78 Å². The zero-order valence-electron chi connectivity index (χ0n) is 11.5. The number of halogens is 2. The smallest absolute Gasteiger partial charge is 0.126 e. The lowest BCUT2D eigenvalue weighted by molar-refractivity contribution is 0.195. The maximum absolute atomic E-state index is 13.2. The molecule has 1 atom stereocenters. The second-order valence-electron chi connectivity index (χ2n) is 4.98. The second kappa shape index (κ2) is 7.36. The highest BCUT2D eigenvalue weighted by Gasteiger charge is 2.21. The van der Waals surface area contributed by atoms with E-state index in [1.807, 2.05) is 13.0 Å². The van der Waals surface area contributed by atoms with Crippen LogP contribution in [0.3, 0.4) is 0 Å². The van der Waals surface area contributed by atoms with Crippen molar-refractivity contribution in [2.45, 2.75) is 13.3 Å². The standard InChI is InChI=1S/C15H21F2NO/c1-4-15(2,11-18-5-6-19-3)10-12-7-13(16)9-14(17)8-12/h4,7-9,18H,1,5-6,10-11H2,2-3H3. The molecule has 0 aliphatic rings. The largest absolute Gasteiger partial charge is 0.383 e. The minimum absolute atomic E-state index is 0.256. The lowest BCUT2D eigenvalue weighted by Crippen LogP contribution is -2.33. The van der Waals surface area contributed by atoms with Gasteiger partial charge in [0.25, 0.3) is 0 Å². The van der Waals surface area contributed by atoms with E-state index in [1.165, 1.54) is 12.1 Å². The Labute approximate surface area is 113 Å². The van der Waals surface area contributed by atoms with Gasteiger partial charge in [-0.1, -0.05) is 13.0 Å². The molecule has 1 rings (SSSR count). The number of hydrogen-bond donors (Lipinski definition) is 1. The van der Waals surface area contributed by atoms with E-state index in [4.69, 9.17) is 4.74 Å². The SMILES string of the molecule is C=CC(C)(CNCCOC)Cc1cc(F)cc(F)c1. The molecule has 1 N–H and O–H groups in total. The molecule has 0 aromatic heterocycles. The summed E-state index contributed by atoms with van der Waals surface area (Å²) in [6.07, 6.45) is 2.35. The van der Waals surface area contributed by atoms with Crippen molar-refractivity contribution >= 4 is 0 Å². The Kier molecular flexibility index (Phi) is 6.12. The summed E-state index contributed by atoms with van der Waals surface area (Å²) in [5.74, 6) is -1.09. The molecule has 0 aliphatic heterocycles. The molecule has 0 heterocycles. The summed E-state index contributed by atoms with van der Waals surface area (Å²) in [5, 5.41) is 3.24. The number of nitrogens with one attached hydrogen (secondary N) is 1. The van der Waals surface area contributed by atoms with Crippen LogP contribution in [-0.2, 0) is 11.2 Å². The van der Waals surface area contributed by atoms with E-state index in [9.17, 15) is 8.78 Å². The van der Waals surface area contributed by atoms with Crippen LogP contribution in [0.2, 0.25) is 0 Å². The van der Waals surface area contributed by atoms with Crippen molar-refractivity contribution < 1.29 is 13.5 Å². The van der Waals surface area contributed by atoms with Crippen LogP contribution in [-0.4, -0.2) is 26.8 Å². The summed E-state index contributed by atoms with van der Waals surface area (Å²) in [6, 6.07) is 3.60. The predicted octanol–water partition coefficient (Wildman–Crippen LogP) is 2.94. The van der Waals surface area contributed by atoms with Gasteiger partial charge in [-0.15, -0.1) is 6.58 Å². The molecule has 0 bridgehead atoms. The van der Waals surface area contributed by atoms with Crippen LogP contribution in [0.25, 0.3) is 0 Å². The quantitative estimate of drug-likeness (QED) is 0.579. The highest BCUT2D eigenvalue weighted by Crippen LogP contribution is 2.24. The van der Waals surface area contributed by atoms with Crippen molar-refractivity contribution in [2.24, 2.45) is 5.41 Å². The van der Waals surface area contributed by atoms with E-state index in [2.05, 4.69) is 11.9 Å². The van der Waals surface area contributed by atoms with Crippen molar-refractivity contribution in [1.82, 2.24) is 5.32 Å². The topological polar surface area (TPSA) is 21.3 Å². The minimum Gasteiger partial charge on any atom is -0.383 e. The lowest BCUT2D eigenvalue weighted by Gasteiger charge is -2.26. The Morgan fingerprint density at radius 1 is 1.32 bits per heavy atom. The zero-order valence-corrected chi connectivity index (χ0v) is 11.5. The van der Waals surface area contributed by atoms with Gasteiger partial charge in [0.15, 0.2) is 0 Å². The monoisotopic (exact) mass is 269 g/mol. The molecular formula is C15H21F2NO. The maximum atomic E-state index is 13.2. The molecule has 106 valence electrons. The van der Waals surface area contributed by atoms with Crippen LogP contribution >= 0.6 is 0 Å². The Morgan fingerprint density at radius 2 is 1.95 bits per heavy atom. The molecule has 1 aromatic carbocycles. The first kappa shape index (κ1) is 15.8. The van der Waals surface area contributed by atoms with Crippen molar-refractivity contribution in [1.29, 1.82) is 0 Å². The number of methoxy groups -OCH3 is 1. The van der Waals surface area contributed by atoms with E-state index in [0.29, 0.717) is 25.1 Å². The lowest BCUT2D eigenvalue weighted by atomic mass is 9.83. The van der Waals surface area contributed by atoms with Crippen molar-refractivity contribution in [3.05, 3.63) is 48.1 Å². The fraction of sp³-hybridized carbons (Fsp3) is 0.467. The average molecular weight is 269 g/mol. The van der Waals surface area contributed by atoms with Gasteiger partial charge in [-0.05, 0) is 24.1 Å². The molecule has 0 saturated carbocycles. The maximum Gasteiger partial charge on any atom is 0.126 e. The van der Waals surface area contributed by atoms with Crippen LogP contribution in [0.5, 0.6) is 0 Å². The fourth-order valence-electron chi connectivity index (χ4n) is 1.93. The number of benzene rings is 1. The predicted molar refractivity (Wildman–Crippen MR) is 73.1 cm³/mol. The van der Waals surface area contributed by atoms with E-state index in [-0.39, 0.29) is 5.41 Å². The van der Waals surface area contributed by atoms with Gasteiger partial charge in [0.1, 0.15) is 11.6 Å². The summed E-state index contributed by atoms with van der Waals surface area (Å²) in [7, 11) is 1.64. The van der Waals surface area contributed by atoms with Crippen molar-refractivity contribution in [3.8, 4) is 0 Å². The molecule has 2 nitrogen and oxygen atoms in total. The van der Waals surface area contributed by atoms with Crippen LogP contribution in [0.15, 0.2) is 30.9 Å². The molecule has 19 heavy (non-hydrogen) atoms. The van der Waals surface area contributed by atoms with E-state index in [0.717, 1.165) is 12.6 Å². The van der Waals surface area contributed by atoms with Gasteiger partial charge in [-0.3, -0.25) is 0 Å². The summed E-state index contributed by atoms with van der Waals surface area (Å²) in [5.41, 5.74) is 0.377. The van der Waals surface area contributed by atoms with Gasteiger partial charge in [-0.25, -0.2) is 8.78 Å². The summed E-state index contributed by atoms with van der Waals surface area (Å²) in [6.45, 7) is 7.86. The molecule has 0 radical (unpaired) electrons. The Balaban J connectivity index is 2.65. The summed E-state index contributed by atoms with van der Waals surface area (Å²) in [4.78, 5) is 0. The second-order valence-corrected chi connectivity index (χ2v) is 4.98. The normalized spacial score (nSPS) is 14.1. The van der Waals surface area contributed by atoms with Crippen LogP contribution in [0, 0.1) is 17.0 Å². The molecule has 0 aliphatic carbocycles. The van der Waals surface area contributed by atoms with Gasteiger partial charge in [0, 0.05) is 31.7 Å². The van der Waals surface area contributed by atoms with Gasteiger partial charge in [-0.2, -0.15) is 0 Å². The first-order chi connectivity index (χ1) is 8.99. The first-order valence-electron chi connectivity index (χ1n) is 6.27. The molecule has 4 heteroatoms. The fourth-order valence-corrected chi connectivity index (χ4v) is 1.93. The molecule has 0 spiro atoms. The van der Waals surface area contributed by atoms with Crippen molar-refractivity contribution in [3.63, 3.8) is 0 Å². The minimum atomic E-state index is -0.547. The highest BCUT2D eigenvalue weighted by atomic mass is 19.1. The third kappa shape index (κ3) is 5.49. The van der Waals surface area contributed by atoms with Crippen molar-refractivity contribution in [2.75, 3.05) is 26.8 Å². The number of rotatable bonds is 8. The Hall–Kier alpha value is -1.26. The molecule has 0 fully saturated rings. The number of ether oxygens (including phenoxy) is 1. The highest BCUT2D eigenvalue weighted by molar-refractivity contribution is 5.20. The molecule has 1 unspecified atom stereocenters. The third-order valence-corrected chi connectivity index (χ3v) is 3.03. The van der Waals surface area contributed by atoms with E-state index < -0.39 is 11.6 Å². The summed E-state index contributed by atoms with van der Waals surface area (Å²) < 4.78 is 31.3. The van der Waals surface area contributed by atoms with Crippen LogP contribution < -0.4 is 5.32 Å². The van der Waals surface area contributed by atoms with Gasteiger partial charge < -0.3 is 10.1 Å². The third-order valence-electron chi connectivity index (χ3n) is 3.03. The Morgan fingerprint density at radius 3 is 2.47 bits per heavy atom.